The van der Waals surface area contributed by atoms with Crippen LogP contribution in [0.1, 0.15) is 24.5 Å². The number of hydrogen-bond donors (Lipinski definition) is 1. The highest BCUT2D eigenvalue weighted by Crippen LogP contribution is 2.41. The van der Waals surface area contributed by atoms with Crippen molar-refractivity contribution >= 4 is 10.8 Å². The number of furan rings is 1. The van der Waals surface area contributed by atoms with Gasteiger partial charge in [0.05, 0.1) is 11.8 Å². The Morgan fingerprint density at radius 2 is 2.09 bits per heavy atom. The molecule has 3 aromatic rings. The average molecular weight is 306 g/mol. The zero-order valence-electron chi connectivity index (χ0n) is 12.8. The topological polar surface area (TPSA) is 47.2 Å². The molecule has 2 aliphatic rings. The minimum absolute atomic E-state index is 0.0788. The van der Waals surface area contributed by atoms with Crippen molar-refractivity contribution in [3.8, 4) is 11.3 Å². The second-order valence-corrected chi connectivity index (χ2v) is 6.54. The smallest absolute Gasteiger partial charge is 0.261 e. The summed E-state index contributed by atoms with van der Waals surface area (Å²) in [6.45, 7) is 1.76. The lowest BCUT2D eigenvalue weighted by Gasteiger charge is -2.17. The van der Waals surface area contributed by atoms with Crippen LogP contribution in [0.2, 0.25) is 0 Å². The Kier molecular flexibility index (Phi) is 2.76. The maximum atomic E-state index is 13.1. The number of aromatic nitrogens is 1. The minimum Gasteiger partial charge on any atom is -0.463 e. The third-order valence-electron chi connectivity index (χ3n) is 5.10. The number of benzene rings is 1. The molecule has 116 valence electrons. The van der Waals surface area contributed by atoms with Crippen molar-refractivity contribution in [1.82, 2.24) is 9.88 Å². The van der Waals surface area contributed by atoms with Gasteiger partial charge in [0.15, 0.2) is 0 Å². The van der Waals surface area contributed by atoms with Crippen LogP contribution in [-0.2, 0) is 6.54 Å². The third kappa shape index (κ3) is 1.98. The lowest BCUT2D eigenvalue weighted by atomic mass is 10.1. The van der Waals surface area contributed by atoms with Gasteiger partial charge in [-0.15, -0.1) is 0 Å². The Morgan fingerprint density at radius 3 is 3.04 bits per heavy atom. The largest absolute Gasteiger partial charge is 0.463 e. The molecule has 3 heterocycles. The van der Waals surface area contributed by atoms with Crippen molar-refractivity contribution in [2.24, 2.45) is 0 Å². The standard InChI is InChI=1S/C19H18N2O2/c22-19-14(18-13-5-2-1-4-12(13)11-23-18)6-7-17-15-10-16(15)20-8-3-9-21(17)19/h1-2,4-7,11,15-16,20H,3,8-10H2. The number of rotatable bonds is 1. The maximum Gasteiger partial charge on any atom is 0.261 e. The summed E-state index contributed by atoms with van der Waals surface area (Å²) in [5.41, 5.74) is 1.92. The molecule has 0 bridgehead atoms. The van der Waals surface area contributed by atoms with Crippen LogP contribution in [0, 0.1) is 0 Å². The van der Waals surface area contributed by atoms with E-state index < -0.39 is 0 Å². The summed E-state index contributed by atoms with van der Waals surface area (Å²) < 4.78 is 7.71. The molecule has 0 spiro atoms. The van der Waals surface area contributed by atoms with Crippen LogP contribution in [0.25, 0.3) is 22.1 Å². The molecule has 2 unspecified atom stereocenters. The second-order valence-electron chi connectivity index (χ2n) is 6.54. The van der Waals surface area contributed by atoms with Crippen molar-refractivity contribution < 1.29 is 4.42 Å². The van der Waals surface area contributed by atoms with Crippen molar-refractivity contribution in [3.05, 3.63) is 58.7 Å². The van der Waals surface area contributed by atoms with Gasteiger partial charge in [0.1, 0.15) is 5.76 Å². The molecule has 1 N–H and O–H groups in total. The van der Waals surface area contributed by atoms with Crippen molar-refractivity contribution in [3.63, 3.8) is 0 Å². The summed E-state index contributed by atoms with van der Waals surface area (Å²) in [7, 11) is 0. The molecule has 1 aliphatic carbocycles. The van der Waals surface area contributed by atoms with Gasteiger partial charge in [-0.25, -0.2) is 0 Å². The Balaban J connectivity index is 1.70. The zero-order chi connectivity index (χ0) is 15.4. The zero-order valence-corrected chi connectivity index (χ0v) is 12.8. The highest BCUT2D eigenvalue weighted by atomic mass is 16.3. The lowest BCUT2D eigenvalue weighted by Crippen LogP contribution is -2.30. The highest BCUT2D eigenvalue weighted by molar-refractivity contribution is 5.93. The molecule has 1 aromatic carbocycles. The van der Waals surface area contributed by atoms with E-state index in [2.05, 4.69) is 11.4 Å². The Hall–Kier alpha value is -2.33. The van der Waals surface area contributed by atoms with Crippen LogP contribution in [0.15, 0.2) is 51.9 Å². The molecule has 2 atom stereocenters. The fraction of sp³-hybridized carbons (Fsp3) is 0.316. The Morgan fingerprint density at radius 1 is 1.17 bits per heavy atom. The predicted molar refractivity (Wildman–Crippen MR) is 89.7 cm³/mol. The quantitative estimate of drug-likeness (QED) is 0.751. The molecule has 0 radical (unpaired) electrons. The molecule has 2 aromatic heterocycles. The van der Waals surface area contributed by atoms with Crippen LogP contribution < -0.4 is 10.9 Å². The van der Waals surface area contributed by atoms with Crippen LogP contribution >= 0.6 is 0 Å². The lowest BCUT2D eigenvalue weighted by molar-refractivity contribution is 0.521. The van der Waals surface area contributed by atoms with E-state index in [-0.39, 0.29) is 5.56 Å². The molecule has 4 nitrogen and oxygen atoms in total. The molecule has 1 fully saturated rings. The first-order chi connectivity index (χ1) is 11.3. The Bertz CT molecular complexity index is 953. The molecule has 5 rings (SSSR count). The van der Waals surface area contributed by atoms with Gasteiger partial charge in [-0.3, -0.25) is 4.79 Å². The fourth-order valence-corrected chi connectivity index (χ4v) is 3.79. The van der Waals surface area contributed by atoms with Gasteiger partial charge >= 0.3 is 0 Å². The maximum absolute atomic E-state index is 13.1. The molecule has 0 amide bonds. The van der Waals surface area contributed by atoms with Crippen molar-refractivity contribution in [1.29, 1.82) is 0 Å². The van der Waals surface area contributed by atoms with Gasteiger partial charge in [0, 0.05) is 35.0 Å². The van der Waals surface area contributed by atoms with Crippen LogP contribution in [-0.4, -0.2) is 17.2 Å². The van der Waals surface area contributed by atoms with E-state index in [1.165, 1.54) is 5.69 Å². The van der Waals surface area contributed by atoms with E-state index in [4.69, 9.17) is 4.42 Å². The summed E-state index contributed by atoms with van der Waals surface area (Å²) in [6, 6.07) is 12.6. The first-order valence-corrected chi connectivity index (χ1v) is 8.26. The molecular weight excluding hydrogens is 288 g/mol. The van der Waals surface area contributed by atoms with Crippen molar-refractivity contribution in [2.75, 3.05) is 6.54 Å². The monoisotopic (exact) mass is 306 g/mol. The summed E-state index contributed by atoms with van der Waals surface area (Å²) in [5, 5.41) is 5.59. The van der Waals surface area contributed by atoms with E-state index in [1.807, 2.05) is 34.9 Å². The van der Waals surface area contributed by atoms with Crippen LogP contribution in [0.3, 0.4) is 0 Å². The number of pyridine rings is 1. The summed E-state index contributed by atoms with van der Waals surface area (Å²) in [4.78, 5) is 13.1. The fourth-order valence-electron chi connectivity index (χ4n) is 3.79. The number of fused-ring (bicyclic) bond motifs is 4. The molecule has 23 heavy (non-hydrogen) atoms. The molecule has 0 saturated heterocycles. The van der Waals surface area contributed by atoms with Gasteiger partial charge < -0.3 is 14.3 Å². The molecule has 1 saturated carbocycles. The highest BCUT2D eigenvalue weighted by Gasteiger charge is 2.40. The van der Waals surface area contributed by atoms with E-state index in [9.17, 15) is 4.79 Å². The summed E-state index contributed by atoms with van der Waals surface area (Å²) >= 11 is 0. The van der Waals surface area contributed by atoms with Gasteiger partial charge in [-0.2, -0.15) is 0 Å². The van der Waals surface area contributed by atoms with Gasteiger partial charge in [-0.05, 0) is 31.5 Å². The molecule has 1 aliphatic heterocycles. The average Bonchev–Trinajstić information content (AvgIpc) is 3.17. The number of hydrogen-bond acceptors (Lipinski definition) is 3. The first kappa shape index (κ1) is 13.1. The number of nitrogens with one attached hydrogen (secondary N) is 1. The van der Waals surface area contributed by atoms with Crippen LogP contribution in [0.5, 0.6) is 0 Å². The Labute approximate surface area is 133 Å². The van der Waals surface area contributed by atoms with E-state index in [0.717, 1.165) is 36.7 Å². The van der Waals surface area contributed by atoms with E-state index >= 15 is 0 Å². The molecule has 4 heteroatoms. The molecular formula is C19H18N2O2. The van der Waals surface area contributed by atoms with E-state index in [1.54, 1.807) is 6.26 Å². The third-order valence-corrected chi connectivity index (χ3v) is 5.10. The van der Waals surface area contributed by atoms with E-state index in [0.29, 0.717) is 23.3 Å². The summed E-state index contributed by atoms with van der Waals surface area (Å²) in [5.74, 6) is 1.18. The van der Waals surface area contributed by atoms with Crippen molar-refractivity contribution in [2.45, 2.75) is 31.3 Å². The first-order valence-electron chi connectivity index (χ1n) is 8.26. The van der Waals surface area contributed by atoms with Gasteiger partial charge in [0.2, 0.25) is 0 Å². The minimum atomic E-state index is 0.0788. The van der Waals surface area contributed by atoms with Gasteiger partial charge in [-0.1, -0.05) is 24.3 Å². The SMILES string of the molecule is O=c1c(-c2occ3ccccc23)ccc2n1CCCNC1CC21. The van der Waals surface area contributed by atoms with Crippen LogP contribution in [0.4, 0.5) is 0 Å². The summed E-state index contributed by atoms with van der Waals surface area (Å²) in [6.07, 6.45) is 3.85. The number of nitrogens with zero attached hydrogens (tertiary/aromatic N) is 1. The second kappa shape index (κ2) is 4.83. The predicted octanol–water partition coefficient (Wildman–Crippen LogP) is 3.11. The normalized spacial score (nSPS) is 23.0. The van der Waals surface area contributed by atoms with Gasteiger partial charge in [0.25, 0.3) is 5.56 Å².